The van der Waals surface area contributed by atoms with Crippen molar-refractivity contribution in [1.29, 1.82) is 0 Å². The van der Waals surface area contributed by atoms with Crippen LogP contribution >= 0.6 is 0 Å². The maximum absolute atomic E-state index is 13.3. The van der Waals surface area contributed by atoms with E-state index in [0.29, 0.717) is 37.2 Å². The van der Waals surface area contributed by atoms with E-state index in [0.717, 1.165) is 34.2 Å². The quantitative estimate of drug-likeness (QED) is 0.325. The van der Waals surface area contributed by atoms with Crippen LogP contribution in [0.5, 0.6) is 0 Å². The second-order valence-electron chi connectivity index (χ2n) is 10.6. The van der Waals surface area contributed by atoms with Gasteiger partial charge in [-0.05, 0) is 76.4 Å². The van der Waals surface area contributed by atoms with Crippen molar-refractivity contribution in [2.75, 3.05) is 13.7 Å². The number of fused-ring (bicyclic) bond motifs is 1. The number of rotatable bonds is 7. The van der Waals surface area contributed by atoms with Gasteiger partial charge in [0.15, 0.2) is 0 Å². The topological polar surface area (TPSA) is 88.6 Å². The molecular weight excluding hydrogens is 514 g/mol. The number of pyridine rings is 1. The second kappa shape index (κ2) is 11.4. The van der Waals surface area contributed by atoms with Crippen LogP contribution in [-0.4, -0.2) is 41.3 Å². The lowest BCUT2D eigenvalue weighted by Gasteiger charge is -2.32. The monoisotopic (exact) mass is 545 g/mol. The summed E-state index contributed by atoms with van der Waals surface area (Å²) in [5.74, 6) is -0.149. The van der Waals surface area contributed by atoms with Gasteiger partial charge in [0.2, 0.25) is 5.91 Å². The summed E-state index contributed by atoms with van der Waals surface area (Å²) in [5, 5.41) is 3.16. The minimum absolute atomic E-state index is 0.0165. The van der Waals surface area contributed by atoms with Crippen LogP contribution in [0.15, 0.2) is 91.3 Å². The summed E-state index contributed by atoms with van der Waals surface area (Å²) >= 11 is 0. The van der Waals surface area contributed by atoms with Gasteiger partial charge in [-0.3, -0.25) is 14.6 Å². The van der Waals surface area contributed by atoms with E-state index in [2.05, 4.69) is 28.5 Å². The van der Waals surface area contributed by atoms with E-state index in [1.165, 1.54) is 12.7 Å². The molecule has 0 unspecified atom stereocenters. The Labute approximate surface area is 239 Å². The minimum atomic E-state index is -0.387. The lowest BCUT2D eigenvalue weighted by atomic mass is 9.87. The summed E-state index contributed by atoms with van der Waals surface area (Å²) < 4.78 is 4.93. The van der Waals surface area contributed by atoms with Gasteiger partial charge in [0.1, 0.15) is 0 Å². The molecule has 7 nitrogen and oxygen atoms in total. The number of benzene rings is 3. The van der Waals surface area contributed by atoms with Crippen molar-refractivity contribution in [2.45, 2.75) is 31.8 Å². The van der Waals surface area contributed by atoms with Gasteiger partial charge in [-0.15, -0.1) is 0 Å². The first-order valence-electron chi connectivity index (χ1n) is 13.9. The molecule has 2 amide bonds. The van der Waals surface area contributed by atoms with E-state index in [1.807, 2.05) is 47.4 Å². The maximum atomic E-state index is 13.3. The van der Waals surface area contributed by atoms with Crippen molar-refractivity contribution >= 4 is 17.8 Å². The molecule has 1 aliphatic carbocycles. The Morgan fingerprint density at radius 2 is 1.78 bits per heavy atom. The summed E-state index contributed by atoms with van der Waals surface area (Å²) in [6.07, 6.45) is 4.75. The molecule has 1 aromatic heterocycles. The number of methoxy groups -OCH3 is 1. The smallest absolute Gasteiger partial charge is 0.337 e. The predicted octanol–water partition coefficient (Wildman–Crippen LogP) is 5.15. The molecule has 0 radical (unpaired) electrons. The van der Waals surface area contributed by atoms with E-state index in [1.54, 1.807) is 30.6 Å². The van der Waals surface area contributed by atoms with Crippen molar-refractivity contribution in [1.82, 2.24) is 15.2 Å². The molecule has 2 heterocycles. The zero-order valence-electron chi connectivity index (χ0n) is 22.9. The molecule has 3 aromatic carbocycles. The van der Waals surface area contributed by atoms with Crippen LogP contribution in [0, 0.1) is 5.92 Å². The fourth-order valence-corrected chi connectivity index (χ4v) is 5.82. The molecule has 2 aliphatic rings. The molecule has 2 atom stereocenters. The van der Waals surface area contributed by atoms with Gasteiger partial charge < -0.3 is 15.0 Å². The van der Waals surface area contributed by atoms with Crippen molar-refractivity contribution in [2.24, 2.45) is 5.92 Å². The molecule has 0 spiro atoms. The highest BCUT2D eigenvalue weighted by atomic mass is 16.5. The Bertz CT molecular complexity index is 1600. The number of hydrogen-bond acceptors (Lipinski definition) is 5. The van der Waals surface area contributed by atoms with Gasteiger partial charge in [-0.1, -0.05) is 54.6 Å². The molecule has 0 bridgehead atoms. The Hall–Kier alpha value is -4.78. The lowest BCUT2D eigenvalue weighted by Crippen LogP contribution is -2.37. The fraction of sp³-hybridized carbons (Fsp3) is 0.235. The lowest BCUT2D eigenvalue weighted by molar-refractivity contribution is -0.122. The average molecular weight is 546 g/mol. The van der Waals surface area contributed by atoms with E-state index >= 15 is 0 Å². The number of carbonyl (C=O) groups is 3. The number of amides is 2. The predicted molar refractivity (Wildman–Crippen MR) is 155 cm³/mol. The number of esters is 1. The number of aromatic nitrogens is 1. The van der Waals surface area contributed by atoms with E-state index in [4.69, 9.17) is 4.74 Å². The van der Waals surface area contributed by atoms with Crippen LogP contribution in [0.25, 0.3) is 11.1 Å². The molecule has 4 aromatic rings. The van der Waals surface area contributed by atoms with Gasteiger partial charge in [0.25, 0.3) is 5.91 Å². The molecular formula is C34H31N3O4. The summed E-state index contributed by atoms with van der Waals surface area (Å²) in [4.78, 5) is 44.6. The number of carbonyl (C=O) groups excluding carboxylic acids is 3. The highest BCUT2D eigenvalue weighted by Crippen LogP contribution is 2.47. The molecule has 41 heavy (non-hydrogen) atoms. The van der Waals surface area contributed by atoms with Gasteiger partial charge in [-0.25, -0.2) is 4.79 Å². The molecule has 6 rings (SSSR count). The molecule has 1 aliphatic heterocycles. The van der Waals surface area contributed by atoms with Gasteiger partial charge in [0.05, 0.1) is 18.2 Å². The molecule has 7 heteroatoms. The summed E-state index contributed by atoms with van der Waals surface area (Å²) in [7, 11) is 1.37. The maximum Gasteiger partial charge on any atom is 0.337 e. The molecule has 1 N–H and O–H groups in total. The highest BCUT2D eigenvalue weighted by molar-refractivity contribution is 5.94. The Kier molecular flexibility index (Phi) is 7.33. The highest BCUT2D eigenvalue weighted by Gasteiger charge is 2.43. The largest absolute Gasteiger partial charge is 0.465 e. The molecule has 0 saturated heterocycles. The Morgan fingerprint density at radius 1 is 0.951 bits per heavy atom. The number of ether oxygens (including phenoxy) is 1. The van der Waals surface area contributed by atoms with E-state index in [-0.39, 0.29) is 29.6 Å². The van der Waals surface area contributed by atoms with E-state index < -0.39 is 0 Å². The van der Waals surface area contributed by atoms with Crippen LogP contribution in [0.2, 0.25) is 0 Å². The first-order chi connectivity index (χ1) is 20.0. The fourth-order valence-electron chi connectivity index (χ4n) is 5.82. The summed E-state index contributed by atoms with van der Waals surface area (Å²) in [6.45, 7) is 1.37. The first-order valence-corrected chi connectivity index (χ1v) is 13.9. The first kappa shape index (κ1) is 26.4. The third-order valence-electron chi connectivity index (χ3n) is 8.11. The van der Waals surface area contributed by atoms with Crippen LogP contribution in [0.4, 0.5) is 0 Å². The average Bonchev–Trinajstić information content (AvgIpc) is 3.85. The third kappa shape index (κ3) is 5.48. The molecule has 1 saturated carbocycles. The van der Waals surface area contributed by atoms with Crippen molar-refractivity contribution < 1.29 is 19.1 Å². The number of nitrogens with zero attached hydrogens (tertiary/aromatic N) is 2. The summed E-state index contributed by atoms with van der Waals surface area (Å²) in [5.41, 5.74) is 7.31. The number of nitrogens with one attached hydrogen (secondary N) is 1. The SMILES string of the molecule is COC(=O)c1cccc(-c2ccc(CNC(=O)[C@H]3C[C@H]3c3ccccc3)c3c2CCN(C(=O)c2cccnc2)C3)c1. The zero-order valence-corrected chi connectivity index (χ0v) is 22.9. The van der Waals surface area contributed by atoms with Gasteiger partial charge in [0, 0.05) is 37.9 Å². The number of hydrogen-bond donors (Lipinski definition) is 1. The molecule has 206 valence electrons. The standard InChI is InChI=1S/C34H31N3O4/c1-41-34(40)24-10-5-9-23(17-24)27-13-12-25(20-36-32(38)30-18-29(30)22-7-3-2-4-8-22)31-21-37(16-14-28(27)31)33(39)26-11-6-15-35-19-26/h2-13,15,17,19,29-30H,14,16,18,20-21H2,1H3,(H,36,38)/t29-,30-/m0/s1. The minimum Gasteiger partial charge on any atom is -0.465 e. The van der Waals surface area contributed by atoms with Crippen LogP contribution in [0.1, 0.15) is 55.3 Å². The van der Waals surface area contributed by atoms with Crippen molar-refractivity contribution in [3.05, 3.63) is 125 Å². The Balaban J connectivity index is 1.28. The third-order valence-corrected chi connectivity index (χ3v) is 8.11. The van der Waals surface area contributed by atoms with Crippen molar-refractivity contribution in [3.63, 3.8) is 0 Å². The van der Waals surface area contributed by atoms with Crippen LogP contribution in [0.3, 0.4) is 0 Å². The van der Waals surface area contributed by atoms with Crippen LogP contribution < -0.4 is 5.32 Å². The second-order valence-corrected chi connectivity index (χ2v) is 10.6. The zero-order chi connectivity index (χ0) is 28.3. The normalized spacial score (nSPS) is 17.3. The summed E-state index contributed by atoms with van der Waals surface area (Å²) in [6, 6.07) is 25.2. The molecule has 1 fully saturated rings. The van der Waals surface area contributed by atoms with Gasteiger partial charge >= 0.3 is 5.97 Å². The van der Waals surface area contributed by atoms with Gasteiger partial charge in [-0.2, -0.15) is 0 Å². The van der Waals surface area contributed by atoms with E-state index in [9.17, 15) is 14.4 Å². The Morgan fingerprint density at radius 3 is 2.56 bits per heavy atom. The van der Waals surface area contributed by atoms with Crippen LogP contribution in [-0.2, 0) is 29.0 Å². The van der Waals surface area contributed by atoms with Crippen molar-refractivity contribution in [3.8, 4) is 11.1 Å².